The SMILES string of the molecule is c1ccc2c(c1)[C@@H]1CCCC[C@@]21N1CCOCC1. The summed E-state index contributed by atoms with van der Waals surface area (Å²) in [5, 5.41) is 0. The van der Waals surface area contributed by atoms with E-state index in [0.717, 1.165) is 32.2 Å². The van der Waals surface area contributed by atoms with Crippen molar-refractivity contribution >= 4 is 0 Å². The maximum atomic E-state index is 5.54. The minimum atomic E-state index is 0.374. The van der Waals surface area contributed by atoms with Crippen molar-refractivity contribution in [2.24, 2.45) is 0 Å². The average Bonchev–Trinajstić information content (AvgIpc) is 2.45. The summed E-state index contributed by atoms with van der Waals surface area (Å²) < 4.78 is 5.54. The predicted octanol–water partition coefficient (Wildman–Crippen LogP) is 2.89. The average molecular weight is 243 g/mol. The Morgan fingerprint density at radius 1 is 1.11 bits per heavy atom. The van der Waals surface area contributed by atoms with Crippen molar-refractivity contribution in [2.45, 2.75) is 37.1 Å². The van der Waals surface area contributed by atoms with Crippen LogP contribution in [0, 0.1) is 0 Å². The highest BCUT2D eigenvalue weighted by Crippen LogP contribution is 2.60. The van der Waals surface area contributed by atoms with Gasteiger partial charge in [-0.25, -0.2) is 0 Å². The first kappa shape index (κ1) is 11.0. The van der Waals surface area contributed by atoms with Gasteiger partial charge in [-0.2, -0.15) is 0 Å². The lowest BCUT2D eigenvalue weighted by Gasteiger charge is -2.60. The molecule has 2 heteroatoms. The molecule has 1 aromatic carbocycles. The predicted molar refractivity (Wildman–Crippen MR) is 71.7 cm³/mol. The summed E-state index contributed by atoms with van der Waals surface area (Å²) in [7, 11) is 0. The van der Waals surface area contributed by atoms with E-state index >= 15 is 0 Å². The zero-order valence-electron chi connectivity index (χ0n) is 10.9. The lowest BCUT2D eigenvalue weighted by atomic mass is 9.55. The zero-order valence-corrected chi connectivity index (χ0v) is 10.9. The van der Waals surface area contributed by atoms with Gasteiger partial charge in [0, 0.05) is 19.0 Å². The standard InChI is InChI=1S/C16H21NO/c1-2-6-14-13(5-1)15-7-3-4-8-16(14,15)17-9-11-18-12-10-17/h1-2,5-6,15H,3-4,7-12H2/t15-,16+/m0/s1. The van der Waals surface area contributed by atoms with E-state index in [4.69, 9.17) is 4.74 Å². The molecule has 0 radical (unpaired) electrons. The largest absolute Gasteiger partial charge is 0.379 e. The van der Waals surface area contributed by atoms with Crippen LogP contribution in [0.25, 0.3) is 0 Å². The first-order chi connectivity index (χ1) is 8.93. The van der Waals surface area contributed by atoms with Crippen molar-refractivity contribution in [3.63, 3.8) is 0 Å². The topological polar surface area (TPSA) is 12.5 Å². The van der Waals surface area contributed by atoms with Crippen LogP contribution in [-0.2, 0) is 10.3 Å². The third-order valence-corrected chi connectivity index (χ3v) is 5.26. The number of morpholine rings is 1. The molecule has 1 saturated heterocycles. The summed E-state index contributed by atoms with van der Waals surface area (Å²) in [6, 6.07) is 9.14. The fraction of sp³-hybridized carbons (Fsp3) is 0.625. The number of benzene rings is 1. The number of hydrogen-bond acceptors (Lipinski definition) is 2. The Hall–Kier alpha value is -0.860. The van der Waals surface area contributed by atoms with Crippen molar-refractivity contribution in [1.82, 2.24) is 4.90 Å². The van der Waals surface area contributed by atoms with E-state index in [1.165, 1.54) is 25.7 Å². The van der Waals surface area contributed by atoms with Crippen molar-refractivity contribution in [2.75, 3.05) is 26.3 Å². The van der Waals surface area contributed by atoms with Crippen LogP contribution >= 0.6 is 0 Å². The second-order valence-corrected chi connectivity index (χ2v) is 5.91. The van der Waals surface area contributed by atoms with Crippen molar-refractivity contribution < 1.29 is 4.74 Å². The first-order valence-corrected chi connectivity index (χ1v) is 7.35. The first-order valence-electron chi connectivity index (χ1n) is 7.35. The number of rotatable bonds is 1. The Bertz CT molecular complexity index is 452. The van der Waals surface area contributed by atoms with Gasteiger partial charge in [0.2, 0.25) is 0 Å². The fourth-order valence-corrected chi connectivity index (χ4v) is 4.52. The molecule has 96 valence electrons. The maximum absolute atomic E-state index is 5.54. The molecule has 0 spiro atoms. The Morgan fingerprint density at radius 2 is 1.94 bits per heavy atom. The molecular weight excluding hydrogens is 222 g/mol. The Kier molecular flexibility index (Phi) is 2.49. The lowest BCUT2D eigenvalue weighted by molar-refractivity contribution is -0.0650. The molecule has 2 nitrogen and oxygen atoms in total. The minimum absolute atomic E-state index is 0.374. The number of ether oxygens (including phenoxy) is 1. The van der Waals surface area contributed by atoms with Gasteiger partial charge in [-0.15, -0.1) is 0 Å². The second-order valence-electron chi connectivity index (χ2n) is 5.91. The normalized spacial score (nSPS) is 35.4. The highest BCUT2D eigenvalue weighted by atomic mass is 16.5. The van der Waals surface area contributed by atoms with Crippen LogP contribution in [0.5, 0.6) is 0 Å². The van der Waals surface area contributed by atoms with Gasteiger partial charge in [-0.05, 0) is 24.0 Å². The lowest BCUT2D eigenvalue weighted by Crippen LogP contribution is -2.60. The van der Waals surface area contributed by atoms with Crippen LogP contribution in [0.4, 0.5) is 0 Å². The summed E-state index contributed by atoms with van der Waals surface area (Å²) >= 11 is 0. The summed E-state index contributed by atoms with van der Waals surface area (Å²) in [5.74, 6) is 0.792. The van der Waals surface area contributed by atoms with Crippen LogP contribution in [0.3, 0.4) is 0 Å². The molecule has 3 aliphatic rings. The highest BCUT2D eigenvalue weighted by molar-refractivity contribution is 5.50. The molecule has 2 fully saturated rings. The molecule has 0 amide bonds. The highest BCUT2D eigenvalue weighted by Gasteiger charge is 2.55. The Labute approximate surface area is 109 Å². The molecule has 0 N–H and O–H groups in total. The summed E-state index contributed by atoms with van der Waals surface area (Å²) in [6.07, 6.45) is 5.54. The smallest absolute Gasteiger partial charge is 0.0594 e. The zero-order chi connectivity index (χ0) is 12.0. The molecular formula is C16H21NO. The summed E-state index contributed by atoms with van der Waals surface area (Å²) in [4.78, 5) is 2.72. The second kappa shape index (κ2) is 4.07. The van der Waals surface area contributed by atoms with E-state index in [-0.39, 0.29) is 0 Å². The van der Waals surface area contributed by atoms with E-state index in [9.17, 15) is 0 Å². The van der Waals surface area contributed by atoms with Gasteiger partial charge in [0.15, 0.2) is 0 Å². The van der Waals surface area contributed by atoms with E-state index in [1.807, 2.05) is 0 Å². The van der Waals surface area contributed by atoms with Crippen molar-refractivity contribution in [3.8, 4) is 0 Å². The van der Waals surface area contributed by atoms with Crippen molar-refractivity contribution in [1.29, 1.82) is 0 Å². The van der Waals surface area contributed by atoms with Crippen LogP contribution in [0.1, 0.15) is 42.7 Å². The minimum Gasteiger partial charge on any atom is -0.379 e. The Morgan fingerprint density at radius 3 is 2.83 bits per heavy atom. The van der Waals surface area contributed by atoms with Crippen LogP contribution in [0.2, 0.25) is 0 Å². The summed E-state index contributed by atoms with van der Waals surface area (Å²) in [6.45, 7) is 4.06. The molecule has 1 aromatic rings. The third-order valence-electron chi connectivity index (χ3n) is 5.26. The van der Waals surface area contributed by atoms with E-state index in [1.54, 1.807) is 11.1 Å². The molecule has 2 atom stereocenters. The molecule has 0 unspecified atom stereocenters. The molecule has 2 aliphatic carbocycles. The van der Waals surface area contributed by atoms with E-state index < -0.39 is 0 Å². The molecule has 1 saturated carbocycles. The van der Waals surface area contributed by atoms with Gasteiger partial charge < -0.3 is 4.74 Å². The van der Waals surface area contributed by atoms with Crippen molar-refractivity contribution in [3.05, 3.63) is 35.4 Å². The van der Waals surface area contributed by atoms with Gasteiger partial charge in [-0.1, -0.05) is 37.1 Å². The number of hydrogen-bond donors (Lipinski definition) is 0. The quantitative estimate of drug-likeness (QED) is 0.752. The van der Waals surface area contributed by atoms with Gasteiger partial charge in [0.05, 0.1) is 18.8 Å². The fourth-order valence-electron chi connectivity index (χ4n) is 4.52. The summed E-state index contributed by atoms with van der Waals surface area (Å²) in [5.41, 5.74) is 3.62. The van der Waals surface area contributed by atoms with Gasteiger partial charge >= 0.3 is 0 Å². The number of nitrogens with zero attached hydrogens (tertiary/aromatic N) is 1. The maximum Gasteiger partial charge on any atom is 0.0594 e. The Balaban J connectivity index is 1.76. The van der Waals surface area contributed by atoms with Gasteiger partial charge in [-0.3, -0.25) is 4.90 Å². The molecule has 0 aromatic heterocycles. The molecule has 4 rings (SSSR count). The monoisotopic (exact) mass is 243 g/mol. The molecule has 0 bridgehead atoms. The van der Waals surface area contributed by atoms with Crippen LogP contribution in [-0.4, -0.2) is 31.2 Å². The number of fused-ring (bicyclic) bond motifs is 4. The third kappa shape index (κ3) is 1.31. The van der Waals surface area contributed by atoms with E-state index in [0.29, 0.717) is 5.54 Å². The molecule has 1 aliphatic heterocycles. The van der Waals surface area contributed by atoms with E-state index in [2.05, 4.69) is 29.2 Å². The van der Waals surface area contributed by atoms with Crippen LogP contribution in [0.15, 0.2) is 24.3 Å². The van der Waals surface area contributed by atoms with Gasteiger partial charge in [0.25, 0.3) is 0 Å². The molecule has 1 heterocycles. The van der Waals surface area contributed by atoms with Crippen LogP contribution < -0.4 is 0 Å². The van der Waals surface area contributed by atoms with Gasteiger partial charge in [0.1, 0.15) is 0 Å². The molecule has 18 heavy (non-hydrogen) atoms.